The van der Waals surface area contributed by atoms with E-state index in [1.165, 1.54) is 15.4 Å². The van der Waals surface area contributed by atoms with E-state index in [4.69, 9.17) is 4.74 Å². The highest BCUT2D eigenvalue weighted by Crippen LogP contribution is 2.23. The van der Waals surface area contributed by atoms with Crippen LogP contribution in [0.5, 0.6) is 5.75 Å². The number of halogens is 1. The molecule has 1 heterocycles. The van der Waals surface area contributed by atoms with Crippen molar-refractivity contribution in [2.24, 2.45) is 5.10 Å². The molecule has 0 bridgehead atoms. The molecule has 0 spiro atoms. The molecule has 6 heteroatoms. The second kappa shape index (κ2) is 9.61. The SMILES string of the molecule is CCc1nc2ccc(Br)cc2c(=O)n1N=Cc1ccccc1OCc1cccc2ccccc12. The van der Waals surface area contributed by atoms with E-state index in [0.29, 0.717) is 35.5 Å². The molecule has 0 fully saturated rings. The summed E-state index contributed by atoms with van der Waals surface area (Å²) in [5.41, 5.74) is 2.36. The van der Waals surface area contributed by atoms with Crippen LogP contribution < -0.4 is 10.3 Å². The summed E-state index contributed by atoms with van der Waals surface area (Å²) in [5.74, 6) is 1.30. The maximum atomic E-state index is 13.2. The molecule has 0 aliphatic carbocycles. The minimum absolute atomic E-state index is 0.200. The lowest BCUT2D eigenvalue weighted by atomic mass is 10.1. The lowest BCUT2D eigenvalue weighted by Gasteiger charge is -2.11. The van der Waals surface area contributed by atoms with E-state index in [0.717, 1.165) is 15.6 Å². The van der Waals surface area contributed by atoms with Crippen LogP contribution in [0, 0.1) is 0 Å². The number of hydrogen-bond donors (Lipinski definition) is 0. The summed E-state index contributed by atoms with van der Waals surface area (Å²) < 4.78 is 8.39. The molecule has 5 nitrogen and oxygen atoms in total. The topological polar surface area (TPSA) is 56.5 Å². The van der Waals surface area contributed by atoms with Crippen molar-refractivity contribution in [3.8, 4) is 5.75 Å². The van der Waals surface area contributed by atoms with Gasteiger partial charge < -0.3 is 4.74 Å². The molecule has 5 aromatic rings. The molecule has 0 aliphatic rings. The fraction of sp³-hybridized carbons (Fsp3) is 0.107. The molecule has 0 radical (unpaired) electrons. The van der Waals surface area contributed by atoms with Gasteiger partial charge in [0.15, 0.2) is 0 Å². The molecular weight excluding hydrogens is 490 g/mol. The molecule has 34 heavy (non-hydrogen) atoms. The molecule has 168 valence electrons. The van der Waals surface area contributed by atoms with Crippen LogP contribution in [-0.2, 0) is 13.0 Å². The van der Waals surface area contributed by atoms with Crippen LogP contribution in [0.4, 0.5) is 0 Å². The second-order valence-electron chi connectivity index (χ2n) is 7.87. The first-order valence-corrected chi connectivity index (χ1v) is 11.9. The highest BCUT2D eigenvalue weighted by atomic mass is 79.9. The molecule has 0 amide bonds. The van der Waals surface area contributed by atoms with E-state index in [2.05, 4.69) is 50.3 Å². The molecule has 0 saturated heterocycles. The Morgan fingerprint density at radius 1 is 0.971 bits per heavy atom. The van der Waals surface area contributed by atoms with Gasteiger partial charge in [0.2, 0.25) is 0 Å². The zero-order valence-electron chi connectivity index (χ0n) is 18.6. The Morgan fingerprint density at radius 3 is 2.65 bits per heavy atom. The largest absolute Gasteiger partial charge is 0.488 e. The van der Waals surface area contributed by atoms with Gasteiger partial charge >= 0.3 is 0 Å². The quantitative estimate of drug-likeness (QED) is 0.250. The minimum Gasteiger partial charge on any atom is -0.488 e. The minimum atomic E-state index is -0.200. The number of fused-ring (bicyclic) bond motifs is 2. The van der Waals surface area contributed by atoms with Gasteiger partial charge in [0, 0.05) is 16.5 Å². The summed E-state index contributed by atoms with van der Waals surface area (Å²) in [6, 6.07) is 27.6. The summed E-state index contributed by atoms with van der Waals surface area (Å²) in [6.07, 6.45) is 2.24. The first-order chi connectivity index (χ1) is 16.6. The first kappa shape index (κ1) is 22.0. The van der Waals surface area contributed by atoms with E-state index in [9.17, 15) is 4.79 Å². The maximum Gasteiger partial charge on any atom is 0.282 e. The molecule has 4 aromatic carbocycles. The molecule has 0 aliphatic heterocycles. The number of rotatable bonds is 6. The monoisotopic (exact) mass is 511 g/mol. The van der Waals surface area contributed by atoms with Crippen molar-refractivity contribution in [1.29, 1.82) is 0 Å². The van der Waals surface area contributed by atoms with Gasteiger partial charge in [-0.15, -0.1) is 0 Å². The lowest BCUT2D eigenvalue weighted by Crippen LogP contribution is -2.22. The van der Waals surface area contributed by atoms with Crippen molar-refractivity contribution in [1.82, 2.24) is 9.66 Å². The van der Waals surface area contributed by atoms with Gasteiger partial charge in [0.05, 0.1) is 17.1 Å². The van der Waals surface area contributed by atoms with Gasteiger partial charge in [-0.2, -0.15) is 9.78 Å². The van der Waals surface area contributed by atoms with Gasteiger partial charge in [0.1, 0.15) is 18.2 Å². The fourth-order valence-electron chi connectivity index (χ4n) is 3.96. The normalized spacial score (nSPS) is 11.5. The van der Waals surface area contributed by atoms with E-state index < -0.39 is 0 Å². The van der Waals surface area contributed by atoms with E-state index >= 15 is 0 Å². The third-order valence-electron chi connectivity index (χ3n) is 5.69. The number of hydrogen-bond acceptors (Lipinski definition) is 4. The number of aromatic nitrogens is 2. The third kappa shape index (κ3) is 4.37. The average Bonchev–Trinajstić information content (AvgIpc) is 2.87. The Balaban J connectivity index is 1.47. The van der Waals surface area contributed by atoms with Gasteiger partial charge in [-0.25, -0.2) is 4.98 Å². The summed E-state index contributed by atoms with van der Waals surface area (Å²) in [6.45, 7) is 2.39. The summed E-state index contributed by atoms with van der Waals surface area (Å²) in [7, 11) is 0. The van der Waals surface area contributed by atoms with Gasteiger partial charge in [0.25, 0.3) is 5.56 Å². The Hall–Kier alpha value is -3.77. The number of para-hydroxylation sites is 1. The zero-order valence-corrected chi connectivity index (χ0v) is 20.2. The molecule has 1 aromatic heterocycles. The molecule has 0 N–H and O–H groups in total. The smallest absolute Gasteiger partial charge is 0.282 e. The first-order valence-electron chi connectivity index (χ1n) is 11.1. The molecule has 0 atom stereocenters. The van der Waals surface area contributed by atoms with Crippen LogP contribution in [0.25, 0.3) is 21.7 Å². The van der Waals surface area contributed by atoms with Crippen molar-refractivity contribution in [3.63, 3.8) is 0 Å². The van der Waals surface area contributed by atoms with Crippen molar-refractivity contribution >= 4 is 43.8 Å². The molecule has 5 rings (SSSR count). The van der Waals surface area contributed by atoms with Crippen molar-refractivity contribution in [2.75, 3.05) is 0 Å². The van der Waals surface area contributed by atoms with E-state index in [1.807, 2.05) is 61.5 Å². The number of aryl methyl sites for hydroxylation is 1. The Morgan fingerprint density at radius 2 is 1.76 bits per heavy atom. The summed E-state index contributed by atoms with van der Waals surface area (Å²) in [5, 5.41) is 7.38. The van der Waals surface area contributed by atoms with Crippen LogP contribution >= 0.6 is 15.9 Å². The van der Waals surface area contributed by atoms with Gasteiger partial charge in [-0.3, -0.25) is 4.79 Å². The number of benzene rings is 4. The molecular formula is C28H22BrN3O2. The van der Waals surface area contributed by atoms with Gasteiger partial charge in [-0.05, 0) is 46.7 Å². The lowest BCUT2D eigenvalue weighted by molar-refractivity contribution is 0.307. The van der Waals surface area contributed by atoms with Crippen molar-refractivity contribution in [3.05, 3.63) is 117 Å². The highest BCUT2D eigenvalue weighted by Gasteiger charge is 2.10. The predicted molar refractivity (Wildman–Crippen MR) is 141 cm³/mol. The van der Waals surface area contributed by atoms with Crippen LogP contribution in [0.1, 0.15) is 23.9 Å². The highest BCUT2D eigenvalue weighted by molar-refractivity contribution is 9.10. The van der Waals surface area contributed by atoms with Crippen molar-refractivity contribution in [2.45, 2.75) is 20.0 Å². The van der Waals surface area contributed by atoms with E-state index in [1.54, 1.807) is 12.3 Å². The zero-order chi connectivity index (χ0) is 23.5. The van der Waals surface area contributed by atoms with Crippen LogP contribution in [0.15, 0.2) is 99.3 Å². The average molecular weight is 512 g/mol. The Labute approximate surface area is 205 Å². The maximum absolute atomic E-state index is 13.2. The predicted octanol–water partition coefficient (Wildman–Crippen LogP) is 6.34. The Bertz CT molecular complexity index is 1590. The fourth-order valence-corrected chi connectivity index (χ4v) is 4.32. The number of nitrogens with zero attached hydrogens (tertiary/aromatic N) is 3. The van der Waals surface area contributed by atoms with E-state index in [-0.39, 0.29) is 5.56 Å². The number of ether oxygens (including phenoxy) is 1. The Kier molecular flexibility index (Phi) is 6.23. The van der Waals surface area contributed by atoms with Crippen LogP contribution in [0.2, 0.25) is 0 Å². The molecule has 0 unspecified atom stereocenters. The second-order valence-corrected chi connectivity index (χ2v) is 8.79. The third-order valence-corrected chi connectivity index (χ3v) is 6.18. The van der Waals surface area contributed by atoms with Gasteiger partial charge in [-0.1, -0.05) is 77.5 Å². The standard InChI is InChI=1S/C28H22BrN3O2/c1-2-27-31-25-15-14-22(29)16-24(25)28(33)32(27)30-17-20-9-4-6-13-26(20)34-18-21-11-7-10-19-8-3-5-12-23(19)21/h3-17H,2,18H2,1H3. The summed E-state index contributed by atoms with van der Waals surface area (Å²) in [4.78, 5) is 17.8. The van der Waals surface area contributed by atoms with Crippen LogP contribution in [-0.4, -0.2) is 15.9 Å². The summed E-state index contributed by atoms with van der Waals surface area (Å²) >= 11 is 3.43. The van der Waals surface area contributed by atoms with Crippen LogP contribution in [0.3, 0.4) is 0 Å². The van der Waals surface area contributed by atoms with Crippen molar-refractivity contribution < 1.29 is 4.74 Å². The molecule has 0 saturated carbocycles.